The molecule has 3 saturated heterocycles. The van der Waals surface area contributed by atoms with Crippen LogP contribution in [0.5, 0.6) is 0 Å². The van der Waals surface area contributed by atoms with Gasteiger partial charge in [0.1, 0.15) is 27.6 Å². The Hall–Kier alpha value is -4.20. The van der Waals surface area contributed by atoms with Crippen molar-refractivity contribution in [3.63, 3.8) is 0 Å². The summed E-state index contributed by atoms with van der Waals surface area (Å²) in [7, 11) is -3.34. The molecule has 0 aliphatic carbocycles. The van der Waals surface area contributed by atoms with E-state index in [4.69, 9.17) is 14.6 Å². The summed E-state index contributed by atoms with van der Waals surface area (Å²) in [4.78, 5) is 35.3. The Morgan fingerprint density at radius 3 is 2.54 bits per heavy atom. The molecular formula is C36H44F2N6O7S. The van der Waals surface area contributed by atoms with Crippen LogP contribution in [0, 0.1) is 17.2 Å². The summed E-state index contributed by atoms with van der Waals surface area (Å²) in [5.74, 6) is -3.69. The number of carboxylic acid groups (broad SMARTS) is 1. The van der Waals surface area contributed by atoms with E-state index in [0.29, 0.717) is 48.6 Å². The molecule has 1 atom stereocenters. The molecule has 1 amide bonds. The molecule has 3 aliphatic rings. The number of nitriles is 1. The molecule has 6 rings (SSSR count). The first-order valence-electron chi connectivity index (χ1n) is 17.8. The van der Waals surface area contributed by atoms with Crippen LogP contribution in [0.4, 0.5) is 19.4 Å². The lowest BCUT2D eigenvalue weighted by Gasteiger charge is -2.38. The molecular weight excluding hydrogens is 698 g/mol. The summed E-state index contributed by atoms with van der Waals surface area (Å²) < 4.78 is 68.0. The van der Waals surface area contributed by atoms with E-state index in [-0.39, 0.29) is 54.9 Å². The summed E-state index contributed by atoms with van der Waals surface area (Å²) >= 11 is 0. The van der Waals surface area contributed by atoms with Crippen molar-refractivity contribution in [3.05, 3.63) is 63.7 Å². The first-order valence-corrected chi connectivity index (χ1v) is 19.6. The minimum atomic E-state index is -3.34. The molecule has 0 spiro atoms. The second-order valence-corrected chi connectivity index (χ2v) is 16.5. The molecule has 5 heterocycles. The van der Waals surface area contributed by atoms with Crippen molar-refractivity contribution >= 4 is 32.8 Å². The Morgan fingerprint density at radius 1 is 1.13 bits per heavy atom. The Labute approximate surface area is 300 Å². The van der Waals surface area contributed by atoms with Gasteiger partial charge in [0.25, 0.3) is 11.5 Å². The summed E-state index contributed by atoms with van der Waals surface area (Å²) in [6, 6.07) is 9.40. The highest BCUT2D eigenvalue weighted by atomic mass is 32.2. The van der Waals surface area contributed by atoms with Crippen LogP contribution in [0.3, 0.4) is 0 Å². The van der Waals surface area contributed by atoms with Gasteiger partial charge in [0, 0.05) is 49.1 Å². The van der Waals surface area contributed by atoms with Gasteiger partial charge < -0.3 is 24.8 Å². The second-order valence-electron chi connectivity index (χ2n) is 14.1. The maximum atomic E-state index is 15.4. The molecule has 3 aliphatic heterocycles. The van der Waals surface area contributed by atoms with Gasteiger partial charge >= 0.3 is 6.09 Å². The maximum absolute atomic E-state index is 15.4. The van der Waals surface area contributed by atoms with E-state index in [9.17, 15) is 23.3 Å². The predicted molar refractivity (Wildman–Crippen MR) is 188 cm³/mol. The molecule has 52 heavy (non-hydrogen) atoms. The molecule has 0 radical (unpaired) electrons. The van der Waals surface area contributed by atoms with Gasteiger partial charge in [0.05, 0.1) is 41.6 Å². The van der Waals surface area contributed by atoms with Crippen LogP contribution in [0.15, 0.2) is 41.5 Å². The number of pyridine rings is 1. The smallest absolute Gasteiger partial charge is 0.407 e. The van der Waals surface area contributed by atoms with E-state index in [1.807, 2.05) is 0 Å². The lowest BCUT2D eigenvalue weighted by Crippen LogP contribution is -2.50. The predicted octanol–water partition coefficient (Wildman–Crippen LogP) is 5.35. The number of carbonyl (C=O) groups is 1. The molecule has 3 fully saturated rings. The Balaban J connectivity index is 1.26. The van der Waals surface area contributed by atoms with E-state index in [2.05, 4.69) is 21.4 Å². The standard InChI is InChI=1S/C36H44F2N6O7S/c1-24(26-7-6-8-27(17-26)36(37,38)19-25-20-43(21-25)34(46)47)42-31-28-18-29(35(22-39)10-15-52(48,49)16-11-35)33(45)44(32(28)41-23-40-31)12-5-3-2-4-9-30-50-13-14-51-30/h6-8,17-18,23-25,30H,2-5,9-16,19-21H2,1H3,(H,46,47)(H,40,41,42)/t24-/m1/s1. The quantitative estimate of drug-likeness (QED) is 0.204. The fourth-order valence-corrected chi connectivity index (χ4v) is 8.87. The normalized spacial score (nSPS) is 19.6. The highest BCUT2D eigenvalue weighted by molar-refractivity contribution is 7.91. The summed E-state index contributed by atoms with van der Waals surface area (Å²) in [6.07, 6.45) is 3.60. The number of amides is 1. The van der Waals surface area contributed by atoms with Gasteiger partial charge in [0.2, 0.25) is 0 Å². The van der Waals surface area contributed by atoms with Gasteiger partial charge in [-0.2, -0.15) is 5.26 Å². The number of sulfone groups is 1. The third-order valence-electron chi connectivity index (χ3n) is 10.5. The Bertz CT molecular complexity index is 1980. The number of benzene rings is 1. The third kappa shape index (κ3) is 8.21. The number of halogens is 2. The van der Waals surface area contributed by atoms with Crippen LogP contribution in [0.1, 0.15) is 81.0 Å². The molecule has 16 heteroatoms. The number of alkyl halides is 2. The number of hydrogen-bond acceptors (Lipinski definition) is 10. The zero-order valence-corrected chi connectivity index (χ0v) is 29.9. The number of anilines is 1. The molecule has 3 aromatic rings. The van der Waals surface area contributed by atoms with Crippen molar-refractivity contribution in [2.24, 2.45) is 5.92 Å². The Morgan fingerprint density at radius 2 is 1.85 bits per heavy atom. The van der Waals surface area contributed by atoms with Crippen molar-refractivity contribution in [2.75, 3.05) is 43.1 Å². The highest BCUT2D eigenvalue weighted by Crippen LogP contribution is 2.39. The first-order chi connectivity index (χ1) is 24.8. The largest absolute Gasteiger partial charge is 0.465 e. The molecule has 0 unspecified atom stereocenters. The number of ether oxygens (including phenoxy) is 2. The van der Waals surface area contributed by atoms with Crippen LogP contribution < -0.4 is 10.9 Å². The number of rotatable bonds is 14. The van der Waals surface area contributed by atoms with Gasteiger partial charge in [-0.25, -0.2) is 32.0 Å². The van der Waals surface area contributed by atoms with E-state index in [1.54, 1.807) is 29.7 Å². The number of nitrogens with one attached hydrogen (secondary N) is 1. The number of nitrogens with zero attached hydrogens (tertiary/aromatic N) is 5. The summed E-state index contributed by atoms with van der Waals surface area (Å²) in [6.45, 7) is 3.46. The zero-order valence-electron chi connectivity index (χ0n) is 29.1. The number of hydrogen-bond donors (Lipinski definition) is 2. The number of aromatic nitrogens is 3. The fourth-order valence-electron chi connectivity index (χ4n) is 7.34. The fraction of sp³-hybridized carbons (Fsp3) is 0.583. The van der Waals surface area contributed by atoms with Crippen LogP contribution in [-0.4, -0.2) is 83.2 Å². The lowest BCUT2D eigenvalue weighted by atomic mass is 9.77. The van der Waals surface area contributed by atoms with Crippen LogP contribution >= 0.6 is 0 Å². The highest BCUT2D eigenvalue weighted by Gasteiger charge is 2.43. The zero-order chi connectivity index (χ0) is 37.1. The lowest BCUT2D eigenvalue weighted by molar-refractivity contribution is -0.0528. The molecule has 0 bridgehead atoms. The van der Waals surface area contributed by atoms with Crippen molar-refractivity contribution < 1.29 is 36.6 Å². The molecule has 2 N–H and O–H groups in total. The topological polar surface area (TPSA) is 177 Å². The summed E-state index contributed by atoms with van der Waals surface area (Å²) in [5.41, 5.74) is -0.802. The third-order valence-corrected chi connectivity index (χ3v) is 12.1. The van der Waals surface area contributed by atoms with Gasteiger partial charge in [0.15, 0.2) is 6.29 Å². The van der Waals surface area contributed by atoms with Crippen LogP contribution in [-0.2, 0) is 37.2 Å². The maximum Gasteiger partial charge on any atom is 0.407 e. The number of likely N-dealkylation sites (tertiary alicyclic amines) is 1. The van der Waals surface area contributed by atoms with Crippen LogP contribution in [0.2, 0.25) is 0 Å². The number of unbranched alkanes of at least 4 members (excludes halogenated alkanes) is 3. The van der Waals surface area contributed by atoms with Crippen molar-refractivity contribution in [1.29, 1.82) is 5.26 Å². The van der Waals surface area contributed by atoms with E-state index in [0.717, 1.165) is 30.6 Å². The molecule has 0 saturated carbocycles. The van der Waals surface area contributed by atoms with Crippen molar-refractivity contribution in [2.45, 2.75) is 88.5 Å². The Kier molecular flexibility index (Phi) is 11.1. The minimum absolute atomic E-state index is 0.0130. The molecule has 13 nitrogen and oxygen atoms in total. The average molecular weight is 743 g/mol. The van der Waals surface area contributed by atoms with Crippen LogP contribution in [0.25, 0.3) is 11.0 Å². The van der Waals surface area contributed by atoms with E-state index in [1.165, 1.54) is 18.5 Å². The van der Waals surface area contributed by atoms with E-state index >= 15 is 8.78 Å². The summed E-state index contributed by atoms with van der Waals surface area (Å²) in [5, 5.41) is 23.3. The SMILES string of the molecule is C[C@@H](Nc1ncnc2c1cc(C1(C#N)CCS(=O)(=O)CC1)c(=O)n2CCCCCCC1OCCO1)c1cccc(C(F)(F)CC2CN(C(=O)O)C2)c1. The average Bonchev–Trinajstić information content (AvgIpc) is 3.62. The van der Waals surface area contributed by atoms with Gasteiger partial charge in [-0.15, -0.1) is 0 Å². The first kappa shape index (κ1) is 37.6. The number of aryl methyl sites for hydroxylation is 1. The van der Waals surface area contributed by atoms with Crippen molar-refractivity contribution in [1.82, 2.24) is 19.4 Å². The monoisotopic (exact) mass is 742 g/mol. The van der Waals surface area contributed by atoms with Gasteiger partial charge in [-0.3, -0.25) is 9.36 Å². The molecule has 1 aromatic carbocycles. The van der Waals surface area contributed by atoms with E-state index < -0.39 is 51.2 Å². The molecule has 280 valence electrons. The molecule has 2 aromatic heterocycles. The van der Waals surface area contributed by atoms with Crippen molar-refractivity contribution in [3.8, 4) is 6.07 Å². The second kappa shape index (κ2) is 15.4. The minimum Gasteiger partial charge on any atom is -0.465 e. The number of fused-ring (bicyclic) bond motifs is 1. The van der Waals surface area contributed by atoms with Gasteiger partial charge in [-0.1, -0.05) is 31.0 Å². The van der Waals surface area contributed by atoms with Gasteiger partial charge in [-0.05, 0) is 56.7 Å².